The van der Waals surface area contributed by atoms with Gasteiger partial charge >= 0.3 is 6.09 Å². The zero-order valence-electron chi connectivity index (χ0n) is 22.2. The van der Waals surface area contributed by atoms with Gasteiger partial charge in [-0.05, 0) is 17.5 Å². The van der Waals surface area contributed by atoms with E-state index in [0.29, 0.717) is 5.56 Å². The van der Waals surface area contributed by atoms with E-state index >= 15 is 0 Å². The first-order chi connectivity index (χ1) is 19.8. The van der Waals surface area contributed by atoms with Crippen molar-refractivity contribution in [1.29, 1.82) is 0 Å². The highest BCUT2D eigenvalue weighted by Gasteiger charge is 2.76. The highest BCUT2D eigenvalue weighted by atomic mass is 16.7. The molecule has 1 heterocycles. The maximum Gasteiger partial charge on any atom is 0.407 e. The van der Waals surface area contributed by atoms with E-state index in [4.69, 9.17) is 14.2 Å². The summed E-state index contributed by atoms with van der Waals surface area (Å²) in [5.74, 6) is -1.93. The van der Waals surface area contributed by atoms with Gasteiger partial charge in [0.1, 0.15) is 24.4 Å². The molecule has 5 rings (SSSR count). The minimum Gasteiger partial charge on any atom is -0.445 e. The Morgan fingerprint density at radius 2 is 1.49 bits per heavy atom. The molecule has 1 aliphatic carbocycles. The van der Waals surface area contributed by atoms with Crippen LogP contribution in [0.1, 0.15) is 33.8 Å². The Morgan fingerprint density at radius 1 is 0.878 bits per heavy atom. The number of amides is 1. The van der Waals surface area contributed by atoms with E-state index in [1.54, 1.807) is 48.5 Å². The molecule has 10 nitrogen and oxygen atoms in total. The molecule has 0 aromatic heterocycles. The number of Topliss-reactive ketones (excluding diaryl/α,β-unsaturated/α-hetero) is 1. The van der Waals surface area contributed by atoms with Gasteiger partial charge in [-0.3, -0.25) is 4.79 Å². The summed E-state index contributed by atoms with van der Waals surface area (Å²) < 4.78 is 16.7. The Bertz CT molecular complexity index is 1330. The molecule has 0 spiro atoms. The summed E-state index contributed by atoms with van der Waals surface area (Å²) in [5, 5.41) is 48.5. The fourth-order valence-electron chi connectivity index (χ4n) is 5.58. The lowest BCUT2D eigenvalue weighted by molar-refractivity contribution is -0.402. The lowest BCUT2D eigenvalue weighted by Gasteiger charge is -2.64. The molecule has 1 aliphatic heterocycles. The van der Waals surface area contributed by atoms with Crippen LogP contribution in [0, 0.1) is 0 Å². The molecule has 3 aromatic carbocycles. The third-order valence-electron chi connectivity index (χ3n) is 7.72. The SMILES string of the molecule is O=C(NCCCO[C@@H]1O[C@@H]2C(O)C(c3ccccc3)[C@@]2(O)[C@H](O)[C@]1(O)C(=O)c1ccccc1)OCc1ccccc1. The van der Waals surface area contributed by atoms with Gasteiger partial charge in [-0.15, -0.1) is 0 Å². The number of hydrogen-bond donors (Lipinski definition) is 5. The van der Waals surface area contributed by atoms with Crippen LogP contribution < -0.4 is 5.32 Å². The van der Waals surface area contributed by atoms with Crippen molar-refractivity contribution in [2.45, 2.75) is 54.7 Å². The predicted molar refractivity (Wildman–Crippen MR) is 146 cm³/mol. The van der Waals surface area contributed by atoms with Crippen LogP contribution in [0.4, 0.5) is 4.79 Å². The van der Waals surface area contributed by atoms with Crippen molar-refractivity contribution >= 4 is 11.9 Å². The zero-order valence-corrected chi connectivity index (χ0v) is 22.2. The second kappa shape index (κ2) is 12.1. The van der Waals surface area contributed by atoms with Crippen molar-refractivity contribution in [1.82, 2.24) is 5.32 Å². The highest BCUT2D eigenvalue weighted by molar-refractivity contribution is 6.03. The van der Waals surface area contributed by atoms with E-state index in [0.717, 1.165) is 5.56 Å². The van der Waals surface area contributed by atoms with Gasteiger partial charge in [0.2, 0.25) is 11.4 Å². The maximum absolute atomic E-state index is 13.6. The first-order valence-corrected chi connectivity index (χ1v) is 13.4. The molecule has 5 N–H and O–H groups in total. The van der Waals surface area contributed by atoms with Crippen molar-refractivity contribution in [2.24, 2.45) is 0 Å². The van der Waals surface area contributed by atoms with Gasteiger partial charge in [0, 0.05) is 18.0 Å². The Hall–Kier alpha value is -3.64. The fourth-order valence-corrected chi connectivity index (χ4v) is 5.58. The molecule has 3 aromatic rings. The Labute approximate surface area is 237 Å². The molecule has 41 heavy (non-hydrogen) atoms. The van der Waals surface area contributed by atoms with Gasteiger partial charge in [0.25, 0.3) is 0 Å². The molecule has 1 amide bonds. The number of rotatable bonds is 10. The lowest BCUT2D eigenvalue weighted by Crippen LogP contribution is -2.84. The number of ether oxygens (including phenoxy) is 3. The van der Waals surface area contributed by atoms with E-state index in [1.165, 1.54) is 12.1 Å². The predicted octanol–water partition coefficient (Wildman–Crippen LogP) is 1.91. The molecular formula is C31H33NO9. The monoisotopic (exact) mass is 563 g/mol. The lowest BCUT2D eigenvalue weighted by atomic mass is 9.54. The molecular weight excluding hydrogens is 530 g/mol. The number of nitrogens with one attached hydrogen (secondary N) is 1. The van der Waals surface area contributed by atoms with Crippen LogP contribution in [-0.2, 0) is 20.8 Å². The van der Waals surface area contributed by atoms with Crippen LogP contribution in [0.2, 0.25) is 0 Å². The molecule has 0 radical (unpaired) electrons. The Morgan fingerprint density at radius 3 is 2.15 bits per heavy atom. The van der Waals surface area contributed by atoms with Crippen LogP contribution in [0.5, 0.6) is 0 Å². The number of carbonyl (C=O) groups is 2. The summed E-state index contributed by atoms with van der Waals surface area (Å²) in [4.78, 5) is 25.6. The van der Waals surface area contributed by atoms with Crippen molar-refractivity contribution in [3.8, 4) is 0 Å². The maximum atomic E-state index is 13.6. The van der Waals surface area contributed by atoms with Crippen molar-refractivity contribution in [3.05, 3.63) is 108 Å². The summed E-state index contributed by atoms with van der Waals surface area (Å²) >= 11 is 0. The normalized spacial score (nSPS) is 30.5. The van der Waals surface area contributed by atoms with Gasteiger partial charge in [-0.2, -0.15) is 0 Å². The van der Waals surface area contributed by atoms with Gasteiger partial charge in [0.05, 0.1) is 12.7 Å². The average Bonchev–Trinajstić information content (AvgIpc) is 3.01. The number of aliphatic hydroxyl groups is 4. The highest BCUT2D eigenvalue weighted by Crippen LogP contribution is 2.56. The molecule has 2 unspecified atom stereocenters. The van der Waals surface area contributed by atoms with Crippen molar-refractivity contribution in [3.63, 3.8) is 0 Å². The van der Waals surface area contributed by atoms with Crippen molar-refractivity contribution < 1.29 is 44.2 Å². The topological polar surface area (TPSA) is 155 Å². The van der Waals surface area contributed by atoms with Gasteiger partial charge < -0.3 is 40.0 Å². The molecule has 7 atom stereocenters. The van der Waals surface area contributed by atoms with E-state index in [-0.39, 0.29) is 31.7 Å². The molecule has 0 bridgehead atoms. The van der Waals surface area contributed by atoms with Crippen molar-refractivity contribution in [2.75, 3.05) is 13.2 Å². The molecule has 10 heteroatoms. The number of aliphatic hydroxyl groups excluding tert-OH is 2. The third-order valence-corrected chi connectivity index (χ3v) is 7.72. The van der Waals surface area contributed by atoms with Gasteiger partial charge in [-0.25, -0.2) is 4.79 Å². The van der Waals surface area contributed by atoms with Crippen LogP contribution in [0.15, 0.2) is 91.0 Å². The largest absolute Gasteiger partial charge is 0.445 e. The fraction of sp³-hybridized carbons (Fsp3) is 0.355. The number of alkyl carbamates (subject to hydrolysis) is 1. The Balaban J connectivity index is 1.27. The van der Waals surface area contributed by atoms with Crippen LogP contribution >= 0.6 is 0 Å². The van der Waals surface area contributed by atoms with E-state index < -0.39 is 53.6 Å². The number of hydrogen-bond acceptors (Lipinski definition) is 9. The van der Waals surface area contributed by atoms with E-state index in [1.807, 2.05) is 30.3 Å². The minimum absolute atomic E-state index is 0.0762. The molecule has 2 aliphatic rings. The van der Waals surface area contributed by atoms with Gasteiger partial charge in [0.15, 0.2) is 6.29 Å². The van der Waals surface area contributed by atoms with Crippen LogP contribution in [0.25, 0.3) is 0 Å². The summed E-state index contributed by atoms with van der Waals surface area (Å²) in [7, 11) is 0. The molecule has 1 saturated carbocycles. The number of ketones is 1. The zero-order chi connectivity index (χ0) is 29.0. The second-order valence-corrected chi connectivity index (χ2v) is 10.3. The van der Waals surface area contributed by atoms with Gasteiger partial charge in [-0.1, -0.05) is 91.0 Å². The number of fused-ring (bicyclic) bond motifs is 1. The quantitative estimate of drug-likeness (QED) is 0.184. The summed E-state index contributed by atoms with van der Waals surface area (Å²) in [6.45, 7) is 0.173. The minimum atomic E-state index is -2.71. The summed E-state index contributed by atoms with van der Waals surface area (Å²) in [5.41, 5.74) is -3.45. The summed E-state index contributed by atoms with van der Waals surface area (Å²) in [6.07, 6.45) is -6.72. The van der Waals surface area contributed by atoms with E-state index in [2.05, 4.69) is 5.32 Å². The van der Waals surface area contributed by atoms with E-state index in [9.17, 15) is 30.0 Å². The smallest absolute Gasteiger partial charge is 0.407 e. The van der Waals surface area contributed by atoms with Crippen LogP contribution in [0.3, 0.4) is 0 Å². The summed E-state index contributed by atoms with van der Waals surface area (Å²) in [6, 6.07) is 25.6. The standard InChI is InChI=1S/C31H33NO9/c33-24-23(21-13-6-2-7-14-21)30(37)26(24)41-28(31(38,27(30)35)25(34)22-15-8-3-9-16-22)39-18-10-17-32-29(36)40-19-20-11-4-1-5-12-20/h1-9,11-16,23-24,26-28,33,35,37-38H,10,17-19H2,(H,32,36)/t23?,24?,26-,27+,28-,30+,31-/m1/s1. The Kier molecular flexibility index (Phi) is 8.50. The first-order valence-electron chi connectivity index (χ1n) is 13.4. The molecule has 2 fully saturated rings. The molecule has 216 valence electrons. The first kappa shape index (κ1) is 28.9. The third kappa shape index (κ3) is 5.38. The number of benzene rings is 3. The second-order valence-electron chi connectivity index (χ2n) is 10.3. The number of carbonyl (C=O) groups excluding carboxylic acids is 2. The average molecular weight is 564 g/mol. The molecule has 1 saturated heterocycles. The van der Waals surface area contributed by atoms with Crippen LogP contribution in [-0.4, -0.2) is 81.3 Å².